The highest BCUT2D eigenvalue weighted by atomic mass is 16.5. The Morgan fingerprint density at radius 2 is 1.92 bits per heavy atom. The van der Waals surface area contributed by atoms with Gasteiger partial charge in [0.15, 0.2) is 0 Å². The van der Waals surface area contributed by atoms with Crippen LogP contribution >= 0.6 is 0 Å². The first-order valence-corrected chi connectivity index (χ1v) is 13.3. The Morgan fingerprint density at radius 3 is 2.57 bits per heavy atom. The molecule has 1 saturated carbocycles. The van der Waals surface area contributed by atoms with Crippen LogP contribution in [-0.2, 0) is 4.79 Å². The lowest BCUT2D eigenvalue weighted by Gasteiger charge is -2.38. The molecule has 0 bridgehead atoms. The quantitative estimate of drug-likeness (QED) is 0.606. The molecule has 4 rings (SSSR count). The van der Waals surface area contributed by atoms with E-state index in [9.17, 15) is 14.7 Å². The predicted molar refractivity (Wildman–Crippen MR) is 142 cm³/mol. The Kier molecular flexibility index (Phi) is 8.69. The zero-order valence-corrected chi connectivity index (χ0v) is 22.4. The second-order valence-electron chi connectivity index (χ2n) is 10.5. The monoisotopic (exact) mass is 509 g/mol. The van der Waals surface area contributed by atoms with Crippen molar-refractivity contribution >= 4 is 11.8 Å². The molecular formula is C29H39N3O5. The van der Waals surface area contributed by atoms with Crippen molar-refractivity contribution in [2.24, 2.45) is 11.8 Å². The Bertz CT molecular complexity index is 1080. The van der Waals surface area contributed by atoms with Crippen molar-refractivity contribution in [2.45, 2.75) is 58.1 Å². The van der Waals surface area contributed by atoms with E-state index in [1.807, 2.05) is 45.2 Å². The average molecular weight is 510 g/mol. The van der Waals surface area contributed by atoms with E-state index in [0.717, 1.165) is 42.6 Å². The van der Waals surface area contributed by atoms with Crippen LogP contribution in [-0.4, -0.2) is 77.7 Å². The minimum Gasteiger partial charge on any atom is -0.497 e. The van der Waals surface area contributed by atoms with E-state index in [0.29, 0.717) is 18.7 Å². The van der Waals surface area contributed by atoms with Crippen molar-refractivity contribution in [2.75, 3.05) is 33.9 Å². The molecule has 1 N–H and O–H groups in total. The van der Waals surface area contributed by atoms with Gasteiger partial charge in [-0.05, 0) is 43.5 Å². The Morgan fingerprint density at radius 1 is 1.22 bits per heavy atom. The summed E-state index contributed by atoms with van der Waals surface area (Å²) in [5.41, 5.74) is 2.03. The fraction of sp³-hybridized carbons (Fsp3) is 0.552. The van der Waals surface area contributed by atoms with E-state index in [2.05, 4.69) is 4.98 Å². The molecule has 0 radical (unpaired) electrons. The number of pyridine rings is 1. The van der Waals surface area contributed by atoms with Gasteiger partial charge in [-0.15, -0.1) is 0 Å². The van der Waals surface area contributed by atoms with Crippen LogP contribution in [0.1, 0.15) is 56.3 Å². The molecule has 2 heterocycles. The zero-order chi connectivity index (χ0) is 26.5. The number of ether oxygens (including phenoxy) is 2. The van der Waals surface area contributed by atoms with Crippen molar-refractivity contribution in [1.29, 1.82) is 0 Å². The molecule has 0 saturated heterocycles. The third-order valence-electron chi connectivity index (χ3n) is 7.73. The van der Waals surface area contributed by atoms with Gasteiger partial charge in [0, 0.05) is 37.2 Å². The molecule has 8 heteroatoms. The number of aliphatic hydroxyl groups is 1. The first-order chi connectivity index (χ1) is 17.8. The molecule has 200 valence electrons. The standard InChI is InChI=1S/C29H39N3O5/c1-19-16-32(20(2)18-33)29(35)25-14-23(21-10-12-24(36-4)13-11-21)15-30-27(25)37-26(19)17-31(3)28(34)22-8-6-5-7-9-22/h10-15,19-20,22,26,33H,5-9,16-18H2,1-4H3/t19-,20+,26-/m1/s1. The first kappa shape index (κ1) is 26.9. The van der Waals surface area contributed by atoms with Crippen LogP contribution < -0.4 is 9.47 Å². The van der Waals surface area contributed by atoms with Gasteiger partial charge >= 0.3 is 0 Å². The molecule has 2 aromatic rings. The number of benzene rings is 1. The van der Waals surface area contributed by atoms with E-state index >= 15 is 0 Å². The number of likely N-dealkylation sites (N-methyl/N-ethyl adjacent to an activating group) is 1. The molecule has 2 amide bonds. The van der Waals surface area contributed by atoms with Crippen LogP contribution in [0.2, 0.25) is 0 Å². The van der Waals surface area contributed by atoms with E-state index < -0.39 is 0 Å². The maximum Gasteiger partial charge on any atom is 0.259 e. The fourth-order valence-electron chi connectivity index (χ4n) is 5.28. The molecule has 1 aromatic heterocycles. The molecule has 8 nitrogen and oxygen atoms in total. The lowest BCUT2D eigenvalue weighted by atomic mass is 9.88. The van der Waals surface area contributed by atoms with Crippen molar-refractivity contribution in [3.8, 4) is 22.8 Å². The number of aliphatic hydroxyl groups excluding tert-OH is 1. The number of hydrogen-bond acceptors (Lipinski definition) is 6. The van der Waals surface area contributed by atoms with Gasteiger partial charge < -0.3 is 24.4 Å². The number of nitrogens with zero attached hydrogens (tertiary/aromatic N) is 3. The second-order valence-corrected chi connectivity index (χ2v) is 10.5. The molecule has 0 unspecified atom stereocenters. The molecule has 1 aromatic carbocycles. The SMILES string of the molecule is COc1ccc(-c2cnc3c(c2)C(=O)N([C@@H](C)CO)C[C@@H](C)[C@@H](CN(C)C(=O)C2CCCCC2)O3)cc1. The summed E-state index contributed by atoms with van der Waals surface area (Å²) in [5.74, 6) is 0.943. The van der Waals surface area contributed by atoms with Crippen molar-refractivity contribution in [3.63, 3.8) is 0 Å². The minimum absolute atomic E-state index is 0.0734. The highest BCUT2D eigenvalue weighted by Crippen LogP contribution is 2.31. The van der Waals surface area contributed by atoms with Crippen molar-refractivity contribution in [1.82, 2.24) is 14.8 Å². The number of carbonyl (C=O) groups excluding carboxylic acids is 2. The van der Waals surface area contributed by atoms with E-state index in [-0.39, 0.29) is 48.3 Å². The number of carbonyl (C=O) groups is 2. The predicted octanol–water partition coefficient (Wildman–Crippen LogP) is 4.02. The normalized spacial score (nSPS) is 21.3. The molecule has 1 aliphatic heterocycles. The Hall–Kier alpha value is -3.13. The van der Waals surface area contributed by atoms with Gasteiger partial charge in [0.05, 0.1) is 26.3 Å². The first-order valence-electron chi connectivity index (χ1n) is 13.3. The van der Waals surface area contributed by atoms with Crippen LogP contribution in [0.15, 0.2) is 36.5 Å². The maximum atomic E-state index is 13.7. The molecule has 0 spiro atoms. The second kappa shape index (κ2) is 11.9. The summed E-state index contributed by atoms with van der Waals surface area (Å²) in [6.07, 6.45) is 6.64. The summed E-state index contributed by atoms with van der Waals surface area (Å²) < 4.78 is 11.6. The van der Waals surface area contributed by atoms with Crippen LogP contribution in [0.4, 0.5) is 0 Å². The molecule has 2 aliphatic rings. The number of hydrogen-bond donors (Lipinski definition) is 1. The van der Waals surface area contributed by atoms with Crippen LogP contribution in [0.25, 0.3) is 11.1 Å². The number of amides is 2. The summed E-state index contributed by atoms with van der Waals surface area (Å²) in [6, 6.07) is 8.99. The molecule has 1 fully saturated rings. The summed E-state index contributed by atoms with van der Waals surface area (Å²) >= 11 is 0. The summed E-state index contributed by atoms with van der Waals surface area (Å²) in [5, 5.41) is 9.91. The van der Waals surface area contributed by atoms with Crippen LogP contribution in [0.5, 0.6) is 11.6 Å². The number of aromatic nitrogens is 1. The van der Waals surface area contributed by atoms with Gasteiger partial charge in [0.2, 0.25) is 11.8 Å². The van der Waals surface area contributed by atoms with Gasteiger partial charge in [-0.1, -0.05) is 38.3 Å². The largest absolute Gasteiger partial charge is 0.497 e. The average Bonchev–Trinajstić information content (AvgIpc) is 2.94. The van der Waals surface area contributed by atoms with Gasteiger partial charge in [0.1, 0.15) is 17.4 Å². The third-order valence-corrected chi connectivity index (χ3v) is 7.73. The van der Waals surface area contributed by atoms with Crippen LogP contribution in [0, 0.1) is 11.8 Å². The Balaban J connectivity index is 1.64. The smallest absolute Gasteiger partial charge is 0.259 e. The van der Waals surface area contributed by atoms with E-state index in [1.165, 1.54) is 6.42 Å². The number of rotatable bonds is 7. The highest BCUT2D eigenvalue weighted by Gasteiger charge is 2.35. The van der Waals surface area contributed by atoms with Gasteiger partial charge in [-0.3, -0.25) is 9.59 Å². The number of methoxy groups -OCH3 is 1. The zero-order valence-electron chi connectivity index (χ0n) is 22.4. The molecule has 3 atom stereocenters. The van der Waals surface area contributed by atoms with E-state index in [1.54, 1.807) is 29.2 Å². The third kappa shape index (κ3) is 6.06. The topological polar surface area (TPSA) is 92.2 Å². The number of fused-ring (bicyclic) bond motifs is 1. The van der Waals surface area contributed by atoms with Gasteiger partial charge in [-0.2, -0.15) is 0 Å². The van der Waals surface area contributed by atoms with Gasteiger partial charge in [-0.25, -0.2) is 4.98 Å². The molecule has 37 heavy (non-hydrogen) atoms. The van der Waals surface area contributed by atoms with Crippen LogP contribution in [0.3, 0.4) is 0 Å². The summed E-state index contributed by atoms with van der Waals surface area (Å²) in [4.78, 5) is 34.9. The fourth-order valence-corrected chi connectivity index (χ4v) is 5.28. The summed E-state index contributed by atoms with van der Waals surface area (Å²) in [7, 11) is 3.46. The molecular weight excluding hydrogens is 470 g/mol. The maximum absolute atomic E-state index is 13.7. The highest BCUT2D eigenvalue weighted by molar-refractivity contribution is 5.98. The molecule has 1 aliphatic carbocycles. The lowest BCUT2D eigenvalue weighted by molar-refractivity contribution is -0.136. The van der Waals surface area contributed by atoms with Crippen molar-refractivity contribution < 1.29 is 24.2 Å². The minimum atomic E-state index is -0.368. The lowest BCUT2D eigenvalue weighted by Crippen LogP contribution is -2.51. The Labute approximate surface area is 219 Å². The van der Waals surface area contributed by atoms with Crippen molar-refractivity contribution in [3.05, 3.63) is 42.1 Å². The van der Waals surface area contributed by atoms with E-state index in [4.69, 9.17) is 9.47 Å². The summed E-state index contributed by atoms with van der Waals surface area (Å²) in [6.45, 7) is 4.52. The van der Waals surface area contributed by atoms with Gasteiger partial charge in [0.25, 0.3) is 5.91 Å².